The second kappa shape index (κ2) is 9.97. The summed E-state index contributed by atoms with van der Waals surface area (Å²) in [7, 11) is 4.42. The summed E-state index contributed by atoms with van der Waals surface area (Å²) in [4.78, 5) is 26.2. The SMILES string of the molecule is CCn1cc(/C=C2\Oc3cc(OC(=O)c4cc(OC)c(OC)c(OC)c4)cc(C)c3C2=O)c2ccccc21. The van der Waals surface area contributed by atoms with Crippen LogP contribution in [0, 0.1) is 6.92 Å². The van der Waals surface area contributed by atoms with Crippen molar-refractivity contribution in [1.29, 1.82) is 0 Å². The number of carbonyl (C=O) groups is 2. The summed E-state index contributed by atoms with van der Waals surface area (Å²) in [5.41, 5.74) is 3.28. The third kappa shape index (κ3) is 4.24. The van der Waals surface area contributed by atoms with Gasteiger partial charge in [0.1, 0.15) is 11.5 Å². The monoisotopic (exact) mass is 513 g/mol. The van der Waals surface area contributed by atoms with Crippen LogP contribution in [-0.4, -0.2) is 37.6 Å². The predicted molar refractivity (Wildman–Crippen MR) is 143 cm³/mol. The summed E-state index contributed by atoms with van der Waals surface area (Å²) < 4.78 is 29.7. The molecule has 5 rings (SSSR count). The maximum absolute atomic E-state index is 13.2. The van der Waals surface area contributed by atoms with Gasteiger partial charge in [-0.1, -0.05) is 18.2 Å². The average molecular weight is 514 g/mol. The van der Waals surface area contributed by atoms with Crippen molar-refractivity contribution in [2.75, 3.05) is 21.3 Å². The fourth-order valence-electron chi connectivity index (χ4n) is 4.69. The lowest BCUT2D eigenvalue weighted by atomic mass is 10.0. The zero-order chi connectivity index (χ0) is 27.0. The topological polar surface area (TPSA) is 85.2 Å². The Morgan fingerprint density at radius 3 is 2.37 bits per heavy atom. The molecule has 0 spiro atoms. The molecule has 8 nitrogen and oxygen atoms in total. The largest absolute Gasteiger partial charge is 0.493 e. The number of ketones is 1. The van der Waals surface area contributed by atoms with Crippen LogP contribution in [0.15, 0.2) is 60.5 Å². The Balaban J connectivity index is 1.44. The molecule has 0 saturated carbocycles. The summed E-state index contributed by atoms with van der Waals surface area (Å²) in [6.07, 6.45) is 3.77. The number of hydrogen-bond donors (Lipinski definition) is 0. The van der Waals surface area contributed by atoms with Gasteiger partial charge in [-0.3, -0.25) is 4.79 Å². The number of methoxy groups -OCH3 is 3. The van der Waals surface area contributed by atoms with Crippen molar-refractivity contribution in [2.24, 2.45) is 0 Å². The van der Waals surface area contributed by atoms with E-state index < -0.39 is 5.97 Å². The third-order valence-electron chi connectivity index (χ3n) is 6.50. The van der Waals surface area contributed by atoms with E-state index in [0.29, 0.717) is 34.1 Å². The van der Waals surface area contributed by atoms with E-state index >= 15 is 0 Å². The fourth-order valence-corrected chi connectivity index (χ4v) is 4.69. The normalized spacial score (nSPS) is 13.4. The van der Waals surface area contributed by atoms with Gasteiger partial charge in [-0.05, 0) is 49.8 Å². The first-order valence-corrected chi connectivity index (χ1v) is 12.1. The van der Waals surface area contributed by atoms with Crippen LogP contribution in [-0.2, 0) is 6.54 Å². The average Bonchev–Trinajstić information content (AvgIpc) is 3.44. The van der Waals surface area contributed by atoms with Crippen molar-refractivity contribution in [3.63, 3.8) is 0 Å². The van der Waals surface area contributed by atoms with E-state index in [9.17, 15) is 9.59 Å². The summed E-state index contributed by atoms with van der Waals surface area (Å²) >= 11 is 0. The molecule has 0 unspecified atom stereocenters. The molecule has 2 heterocycles. The zero-order valence-corrected chi connectivity index (χ0v) is 21.8. The summed E-state index contributed by atoms with van der Waals surface area (Å²) in [6.45, 7) is 4.65. The first-order valence-electron chi connectivity index (χ1n) is 12.1. The van der Waals surface area contributed by atoms with E-state index in [4.69, 9.17) is 23.7 Å². The second-order valence-electron chi connectivity index (χ2n) is 8.74. The molecule has 0 atom stereocenters. The number of aromatic nitrogens is 1. The quantitative estimate of drug-likeness (QED) is 0.175. The molecule has 0 amide bonds. The highest BCUT2D eigenvalue weighted by atomic mass is 16.5. The van der Waals surface area contributed by atoms with E-state index in [2.05, 4.69) is 11.5 Å². The molecule has 38 heavy (non-hydrogen) atoms. The zero-order valence-electron chi connectivity index (χ0n) is 21.8. The molecular weight excluding hydrogens is 486 g/mol. The van der Waals surface area contributed by atoms with E-state index in [1.807, 2.05) is 30.5 Å². The number of esters is 1. The molecule has 0 bridgehead atoms. The molecule has 0 aliphatic carbocycles. The van der Waals surface area contributed by atoms with Gasteiger partial charge in [-0.15, -0.1) is 0 Å². The number of aryl methyl sites for hydroxylation is 2. The smallest absolute Gasteiger partial charge is 0.343 e. The van der Waals surface area contributed by atoms with Gasteiger partial charge in [-0.2, -0.15) is 0 Å². The Morgan fingerprint density at radius 1 is 1.00 bits per heavy atom. The number of ether oxygens (including phenoxy) is 5. The van der Waals surface area contributed by atoms with Crippen molar-refractivity contribution >= 4 is 28.7 Å². The fraction of sp³-hybridized carbons (Fsp3) is 0.200. The molecule has 8 heteroatoms. The number of carbonyl (C=O) groups excluding carboxylic acids is 2. The van der Waals surface area contributed by atoms with E-state index in [0.717, 1.165) is 23.0 Å². The molecule has 4 aromatic rings. The maximum atomic E-state index is 13.2. The van der Waals surface area contributed by atoms with Crippen LogP contribution >= 0.6 is 0 Å². The number of benzene rings is 3. The van der Waals surface area contributed by atoms with E-state index in [1.165, 1.54) is 33.5 Å². The number of Topliss-reactive ketones (excluding diaryl/α,β-unsaturated/α-hetero) is 1. The number of hydrogen-bond acceptors (Lipinski definition) is 7. The first-order chi connectivity index (χ1) is 18.4. The van der Waals surface area contributed by atoms with Crippen LogP contribution in [0.5, 0.6) is 28.7 Å². The van der Waals surface area contributed by atoms with Gasteiger partial charge in [0, 0.05) is 35.3 Å². The van der Waals surface area contributed by atoms with Crippen molar-refractivity contribution in [1.82, 2.24) is 4.57 Å². The van der Waals surface area contributed by atoms with Crippen LogP contribution in [0.1, 0.15) is 38.8 Å². The number of fused-ring (bicyclic) bond motifs is 2. The molecule has 0 N–H and O–H groups in total. The van der Waals surface area contributed by atoms with Gasteiger partial charge in [0.25, 0.3) is 0 Å². The minimum atomic E-state index is -0.629. The van der Waals surface area contributed by atoms with Crippen molar-refractivity contribution in [2.45, 2.75) is 20.4 Å². The van der Waals surface area contributed by atoms with Gasteiger partial charge in [0.2, 0.25) is 11.5 Å². The maximum Gasteiger partial charge on any atom is 0.343 e. The standard InChI is InChI=1S/C30H27NO7/c1-6-31-16-19(21-9-7-8-10-22(21)31)14-24-28(32)27-17(2)11-20(15-23(27)38-24)37-30(33)18-12-25(34-3)29(36-5)26(13-18)35-4/h7-16H,6H2,1-5H3/b24-14-. The predicted octanol–water partition coefficient (Wildman–Crippen LogP) is 5.83. The van der Waals surface area contributed by atoms with Crippen molar-refractivity contribution < 1.29 is 33.3 Å². The Labute approximate surface area is 219 Å². The number of nitrogens with zero attached hydrogens (tertiary/aromatic N) is 1. The highest BCUT2D eigenvalue weighted by molar-refractivity contribution is 6.16. The Morgan fingerprint density at radius 2 is 1.71 bits per heavy atom. The van der Waals surface area contributed by atoms with Crippen LogP contribution in [0.25, 0.3) is 17.0 Å². The molecule has 0 radical (unpaired) electrons. The number of para-hydroxylation sites is 1. The molecule has 1 aromatic heterocycles. The van der Waals surface area contributed by atoms with E-state index in [-0.39, 0.29) is 22.9 Å². The minimum Gasteiger partial charge on any atom is -0.493 e. The van der Waals surface area contributed by atoms with Gasteiger partial charge in [0.15, 0.2) is 17.3 Å². The number of rotatable bonds is 7. The lowest BCUT2D eigenvalue weighted by molar-refractivity contribution is 0.0733. The molecule has 0 saturated heterocycles. The van der Waals surface area contributed by atoms with Crippen molar-refractivity contribution in [3.8, 4) is 28.7 Å². The second-order valence-corrected chi connectivity index (χ2v) is 8.74. The van der Waals surface area contributed by atoms with Gasteiger partial charge in [-0.25, -0.2) is 4.79 Å². The van der Waals surface area contributed by atoms with Gasteiger partial charge < -0.3 is 28.3 Å². The van der Waals surface area contributed by atoms with Gasteiger partial charge in [0.05, 0.1) is 32.5 Å². The highest BCUT2D eigenvalue weighted by Crippen LogP contribution is 2.40. The molecular formula is C30H27NO7. The molecule has 3 aromatic carbocycles. The van der Waals surface area contributed by atoms with Crippen molar-refractivity contribution in [3.05, 3.63) is 82.7 Å². The summed E-state index contributed by atoms with van der Waals surface area (Å²) in [5.74, 6) is 0.992. The lowest BCUT2D eigenvalue weighted by Gasteiger charge is -2.14. The van der Waals surface area contributed by atoms with Crippen LogP contribution in [0.2, 0.25) is 0 Å². The lowest BCUT2D eigenvalue weighted by Crippen LogP contribution is -2.10. The van der Waals surface area contributed by atoms with Crippen LogP contribution in [0.3, 0.4) is 0 Å². The van der Waals surface area contributed by atoms with Crippen LogP contribution in [0.4, 0.5) is 0 Å². The molecule has 0 fully saturated rings. The Bertz CT molecular complexity index is 1590. The van der Waals surface area contributed by atoms with Crippen LogP contribution < -0.4 is 23.7 Å². The third-order valence-corrected chi connectivity index (χ3v) is 6.50. The Kier molecular flexibility index (Phi) is 6.55. The minimum absolute atomic E-state index is 0.211. The summed E-state index contributed by atoms with van der Waals surface area (Å²) in [5, 5.41) is 1.03. The van der Waals surface area contributed by atoms with E-state index in [1.54, 1.807) is 25.1 Å². The highest BCUT2D eigenvalue weighted by Gasteiger charge is 2.31. The van der Waals surface area contributed by atoms with Gasteiger partial charge >= 0.3 is 5.97 Å². The molecule has 1 aliphatic heterocycles. The Hall–Kier alpha value is -4.72. The molecule has 194 valence electrons. The molecule has 1 aliphatic rings. The number of allylic oxidation sites excluding steroid dienone is 1. The summed E-state index contributed by atoms with van der Waals surface area (Å²) in [6, 6.07) is 14.2. The first kappa shape index (κ1) is 25.0.